The Morgan fingerprint density at radius 2 is 1.83 bits per heavy atom. The number of nitrogens with one attached hydrogen (secondary N) is 2. The monoisotopic (exact) mass is 345 g/mol. The second-order valence-electron chi connectivity index (χ2n) is 5.97. The number of alkyl halides is 3. The molecule has 8 heteroatoms. The smallest absolute Gasteiger partial charge is 0.457 e. The third-order valence-corrected chi connectivity index (χ3v) is 4.14. The first kappa shape index (κ1) is 18.5. The Kier molecular flexibility index (Phi) is 6.44. The Morgan fingerprint density at radius 1 is 1.21 bits per heavy atom. The van der Waals surface area contributed by atoms with Crippen molar-refractivity contribution in [1.29, 1.82) is 0 Å². The second-order valence-corrected chi connectivity index (χ2v) is 5.97. The predicted octanol–water partition coefficient (Wildman–Crippen LogP) is 1.94. The number of hydrogen-bond donors (Lipinski definition) is 3. The fourth-order valence-electron chi connectivity index (χ4n) is 2.72. The molecule has 1 heterocycles. The summed E-state index contributed by atoms with van der Waals surface area (Å²) in [5.41, 5.74) is 0.489. The minimum Gasteiger partial charge on any atom is -0.508 e. The number of carbonyl (C=O) groups excluding carboxylic acids is 1. The predicted molar refractivity (Wildman–Crippen MR) is 83.7 cm³/mol. The molecule has 1 aromatic rings. The van der Waals surface area contributed by atoms with Gasteiger partial charge in [0, 0.05) is 25.2 Å². The number of halogens is 3. The molecule has 0 spiro atoms. The lowest BCUT2D eigenvalue weighted by molar-refractivity contribution is -0.157. The molecule has 0 aliphatic carbocycles. The van der Waals surface area contributed by atoms with Crippen molar-refractivity contribution < 1.29 is 23.1 Å². The highest BCUT2D eigenvalue weighted by molar-refractivity contribution is 5.94. The van der Waals surface area contributed by atoms with E-state index in [1.807, 2.05) is 4.90 Å². The molecule has 0 radical (unpaired) electrons. The van der Waals surface area contributed by atoms with Gasteiger partial charge in [0.15, 0.2) is 0 Å². The van der Waals surface area contributed by atoms with Crippen molar-refractivity contribution in [3.8, 4) is 5.75 Å². The summed E-state index contributed by atoms with van der Waals surface area (Å²) in [6.07, 6.45) is -2.62. The van der Waals surface area contributed by atoms with Crippen LogP contribution in [0.5, 0.6) is 5.75 Å². The van der Waals surface area contributed by atoms with Crippen LogP contribution in [0, 0.1) is 5.92 Å². The summed E-state index contributed by atoms with van der Waals surface area (Å²) in [5, 5.41) is 13.6. The molecule has 0 unspecified atom stereocenters. The van der Waals surface area contributed by atoms with Crippen molar-refractivity contribution in [2.45, 2.75) is 19.1 Å². The highest BCUT2D eigenvalue weighted by atomic mass is 19.4. The quantitative estimate of drug-likeness (QED) is 0.690. The molecular weight excluding hydrogens is 323 g/mol. The van der Waals surface area contributed by atoms with Crippen LogP contribution in [0.4, 0.5) is 13.2 Å². The van der Waals surface area contributed by atoms with Crippen LogP contribution in [-0.4, -0.2) is 54.9 Å². The van der Waals surface area contributed by atoms with Gasteiger partial charge in [0.1, 0.15) is 5.75 Å². The van der Waals surface area contributed by atoms with E-state index in [0.717, 1.165) is 25.9 Å². The van der Waals surface area contributed by atoms with E-state index in [1.165, 1.54) is 17.4 Å². The Bertz CT molecular complexity index is 526. The molecule has 134 valence electrons. The largest absolute Gasteiger partial charge is 0.508 e. The summed E-state index contributed by atoms with van der Waals surface area (Å²) in [6, 6.07) is 6.03. The molecule has 1 amide bonds. The minimum absolute atomic E-state index is 0.105. The summed E-state index contributed by atoms with van der Waals surface area (Å²) in [4.78, 5) is 14.0. The van der Waals surface area contributed by atoms with Gasteiger partial charge in [-0.15, -0.1) is 0 Å². The van der Waals surface area contributed by atoms with Gasteiger partial charge in [0.2, 0.25) is 0 Å². The van der Waals surface area contributed by atoms with Crippen LogP contribution in [0.15, 0.2) is 24.3 Å². The number of amides is 1. The summed E-state index contributed by atoms with van der Waals surface area (Å²) in [7, 11) is 0. The first-order valence-electron chi connectivity index (χ1n) is 7.95. The highest BCUT2D eigenvalue weighted by Crippen LogP contribution is 2.17. The highest BCUT2D eigenvalue weighted by Gasteiger charge is 2.26. The number of phenolic OH excluding ortho intramolecular Hbond substituents is 1. The molecule has 3 N–H and O–H groups in total. The standard InChI is InChI=1S/C16H22F3N3O2/c17-16(18,19)21-7-10-22-8-5-12(6-9-22)11-20-15(24)13-1-3-14(23)4-2-13/h1-4,12,21,23H,5-11H2,(H,20,24). The third-order valence-electron chi connectivity index (χ3n) is 4.14. The van der Waals surface area contributed by atoms with Gasteiger partial charge >= 0.3 is 6.30 Å². The van der Waals surface area contributed by atoms with Crippen LogP contribution in [-0.2, 0) is 0 Å². The number of carbonyl (C=O) groups is 1. The lowest BCUT2D eigenvalue weighted by Crippen LogP contribution is -2.43. The van der Waals surface area contributed by atoms with Crippen molar-refractivity contribution >= 4 is 5.91 Å². The van der Waals surface area contributed by atoms with E-state index in [4.69, 9.17) is 0 Å². The number of phenols is 1. The average Bonchev–Trinajstić information content (AvgIpc) is 2.53. The van der Waals surface area contributed by atoms with Crippen LogP contribution >= 0.6 is 0 Å². The maximum absolute atomic E-state index is 12.0. The van der Waals surface area contributed by atoms with Gasteiger partial charge in [0.25, 0.3) is 5.91 Å². The summed E-state index contributed by atoms with van der Waals surface area (Å²) in [5.74, 6) is 0.253. The van der Waals surface area contributed by atoms with Gasteiger partial charge in [-0.25, -0.2) is 5.32 Å². The van der Waals surface area contributed by atoms with Crippen LogP contribution in [0.1, 0.15) is 23.2 Å². The first-order chi connectivity index (χ1) is 11.3. The Morgan fingerprint density at radius 3 is 2.42 bits per heavy atom. The lowest BCUT2D eigenvalue weighted by atomic mass is 9.96. The van der Waals surface area contributed by atoms with Crippen LogP contribution in [0.2, 0.25) is 0 Å². The molecular formula is C16H22F3N3O2. The second kappa shape index (κ2) is 8.34. The molecule has 1 aromatic carbocycles. The number of likely N-dealkylation sites (tertiary alicyclic amines) is 1. The van der Waals surface area contributed by atoms with Gasteiger partial charge in [-0.2, -0.15) is 13.2 Å². The van der Waals surface area contributed by atoms with Gasteiger partial charge in [-0.05, 0) is 56.1 Å². The molecule has 0 bridgehead atoms. The van der Waals surface area contributed by atoms with Crippen molar-refractivity contribution in [1.82, 2.24) is 15.5 Å². The zero-order chi connectivity index (χ0) is 17.6. The van der Waals surface area contributed by atoms with E-state index < -0.39 is 6.30 Å². The third kappa shape index (κ3) is 6.37. The Balaban J connectivity index is 1.64. The molecule has 0 saturated carbocycles. The molecule has 0 aromatic heterocycles. The van der Waals surface area contributed by atoms with Gasteiger partial charge in [-0.1, -0.05) is 0 Å². The number of hydrogen-bond acceptors (Lipinski definition) is 4. The van der Waals surface area contributed by atoms with E-state index in [0.29, 0.717) is 24.6 Å². The maximum Gasteiger partial charge on any atom is 0.457 e. The first-order valence-corrected chi connectivity index (χ1v) is 7.95. The number of benzene rings is 1. The van der Waals surface area contributed by atoms with Gasteiger partial charge < -0.3 is 15.3 Å². The summed E-state index contributed by atoms with van der Waals surface area (Å²) >= 11 is 0. The maximum atomic E-state index is 12.0. The zero-order valence-electron chi connectivity index (χ0n) is 13.3. The van der Waals surface area contributed by atoms with Crippen LogP contribution in [0.25, 0.3) is 0 Å². The van der Waals surface area contributed by atoms with Gasteiger partial charge in [-0.3, -0.25) is 4.79 Å². The molecule has 5 nitrogen and oxygen atoms in total. The van der Waals surface area contributed by atoms with Gasteiger partial charge in [0.05, 0.1) is 0 Å². The minimum atomic E-state index is -4.32. The van der Waals surface area contributed by atoms with Crippen molar-refractivity contribution in [3.05, 3.63) is 29.8 Å². The van der Waals surface area contributed by atoms with Crippen molar-refractivity contribution in [2.24, 2.45) is 5.92 Å². The molecule has 1 aliphatic heterocycles. The average molecular weight is 345 g/mol. The lowest BCUT2D eigenvalue weighted by Gasteiger charge is -2.32. The molecule has 24 heavy (non-hydrogen) atoms. The normalized spacial score (nSPS) is 17.0. The number of nitrogens with zero attached hydrogens (tertiary/aromatic N) is 1. The van der Waals surface area contributed by atoms with Crippen LogP contribution in [0.3, 0.4) is 0 Å². The number of aromatic hydroxyl groups is 1. The molecule has 0 atom stereocenters. The SMILES string of the molecule is O=C(NCC1CCN(CCNC(F)(F)F)CC1)c1ccc(O)cc1. The van der Waals surface area contributed by atoms with Crippen molar-refractivity contribution in [2.75, 3.05) is 32.7 Å². The molecule has 1 saturated heterocycles. The fourth-order valence-corrected chi connectivity index (χ4v) is 2.72. The van der Waals surface area contributed by atoms with E-state index in [-0.39, 0.29) is 18.2 Å². The molecule has 1 aliphatic rings. The Hall–Kier alpha value is -1.80. The van der Waals surface area contributed by atoms with Crippen LogP contribution < -0.4 is 10.6 Å². The summed E-state index contributed by atoms with van der Waals surface area (Å²) in [6.45, 7) is 2.28. The summed E-state index contributed by atoms with van der Waals surface area (Å²) < 4.78 is 36.1. The van der Waals surface area contributed by atoms with Crippen molar-refractivity contribution in [3.63, 3.8) is 0 Å². The zero-order valence-corrected chi connectivity index (χ0v) is 13.3. The Labute approximate surface area is 138 Å². The number of piperidine rings is 1. The fraction of sp³-hybridized carbons (Fsp3) is 0.562. The van der Waals surface area contributed by atoms with E-state index in [1.54, 1.807) is 12.1 Å². The van der Waals surface area contributed by atoms with E-state index in [9.17, 15) is 23.1 Å². The molecule has 2 rings (SSSR count). The topological polar surface area (TPSA) is 64.6 Å². The number of rotatable bonds is 6. The molecule has 1 fully saturated rings. The van der Waals surface area contributed by atoms with E-state index in [2.05, 4.69) is 5.32 Å². The van der Waals surface area contributed by atoms with E-state index >= 15 is 0 Å².